The molecule has 126 valence electrons. The van der Waals surface area contributed by atoms with E-state index in [9.17, 15) is 22.8 Å². The lowest BCUT2D eigenvalue weighted by atomic mass is 9.87. The summed E-state index contributed by atoms with van der Waals surface area (Å²) in [5.41, 5.74) is -0.739. The Kier molecular flexibility index (Phi) is 4.49. The van der Waals surface area contributed by atoms with Crippen LogP contribution in [0.3, 0.4) is 0 Å². The average Bonchev–Trinajstić information content (AvgIpc) is 2.71. The van der Waals surface area contributed by atoms with Gasteiger partial charge in [-0.25, -0.2) is 9.78 Å². The number of esters is 1. The van der Waals surface area contributed by atoms with E-state index < -0.39 is 36.1 Å². The van der Waals surface area contributed by atoms with E-state index in [2.05, 4.69) is 15.0 Å². The van der Waals surface area contributed by atoms with Crippen LogP contribution in [0.5, 0.6) is 5.88 Å². The molecular weight excluding hydrogens is 317 g/mol. The topological polar surface area (TPSA) is 77.5 Å². The fraction of sp³-hybridized carbons (Fsp3) is 0.500. The zero-order valence-corrected chi connectivity index (χ0v) is 12.4. The first-order valence-corrected chi connectivity index (χ1v) is 6.73. The molecule has 1 aliphatic rings. The van der Waals surface area contributed by atoms with E-state index >= 15 is 0 Å². The standard InChI is InChI=1S/C14H15F3N2O4/c1-13(2)6-23-12(21)10(13)19-11(20)8-4-3-5-9(18-8)22-7-14(15,16)17/h3-5,10H,6-7H2,1-2H3,(H,19,20)/t10-/m0/s1. The number of halogens is 3. The van der Waals surface area contributed by atoms with Crippen LogP contribution in [0.1, 0.15) is 24.3 Å². The zero-order valence-electron chi connectivity index (χ0n) is 12.4. The van der Waals surface area contributed by atoms with Gasteiger partial charge in [-0.05, 0) is 6.07 Å². The SMILES string of the molecule is CC1(C)COC(=O)[C@@H]1NC(=O)c1cccc(OCC(F)(F)F)n1. The smallest absolute Gasteiger partial charge is 0.422 e. The number of nitrogens with zero attached hydrogens (tertiary/aromatic N) is 1. The maximum Gasteiger partial charge on any atom is 0.422 e. The molecule has 23 heavy (non-hydrogen) atoms. The van der Waals surface area contributed by atoms with Crippen molar-refractivity contribution in [2.24, 2.45) is 5.41 Å². The molecule has 0 spiro atoms. The molecule has 9 heteroatoms. The van der Waals surface area contributed by atoms with E-state index in [1.807, 2.05) is 0 Å². The Labute approximate surface area is 130 Å². The van der Waals surface area contributed by atoms with Crippen LogP contribution >= 0.6 is 0 Å². The van der Waals surface area contributed by atoms with Gasteiger partial charge in [0, 0.05) is 11.5 Å². The van der Waals surface area contributed by atoms with E-state index in [1.54, 1.807) is 13.8 Å². The Morgan fingerprint density at radius 3 is 2.74 bits per heavy atom. The largest absolute Gasteiger partial charge is 0.468 e. The lowest BCUT2D eigenvalue weighted by Gasteiger charge is -2.22. The first-order valence-electron chi connectivity index (χ1n) is 6.73. The predicted molar refractivity (Wildman–Crippen MR) is 71.8 cm³/mol. The molecule has 1 aromatic rings. The molecule has 0 radical (unpaired) electrons. The molecule has 1 atom stereocenters. The Hall–Kier alpha value is -2.32. The molecule has 0 unspecified atom stereocenters. The number of hydrogen-bond acceptors (Lipinski definition) is 5. The molecule has 1 saturated heterocycles. The minimum atomic E-state index is -4.50. The highest BCUT2D eigenvalue weighted by Crippen LogP contribution is 2.28. The minimum absolute atomic E-state index is 0.153. The van der Waals surface area contributed by atoms with Gasteiger partial charge >= 0.3 is 12.1 Å². The zero-order chi connectivity index (χ0) is 17.3. The van der Waals surface area contributed by atoms with Gasteiger partial charge in [0.1, 0.15) is 11.7 Å². The number of cyclic esters (lactones) is 1. The van der Waals surface area contributed by atoms with Gasteiger partial charge in [-0.15, -0.1) is 0 Å². The fourth-order valence-electron chi connectivity index (χ4n) is 1.98. The van der Waals surface area contributed by atoms with Crippen molar-refractivity contribution >= 4 is 11.9 Å². The molecule has 0 aromatic carbocycles. The van der Waals surface area contributed by atoms with Gasteiger partial charge in [-0.3, -0.25) is 4.79 Å². The van der Waals surface area contributed by atoms with Gasteiger partial charge in [0.15, 0.2) is 6.61 Å². The first kappa shape index (κ1) is 17.0. The first-order chi connectivity index (χ1) is 10.6. The summed E-state index contributed by atoms with van der Waals surface area (Å²) < 4.78 is 45.7. The highest BCUT2D eigenvalue weighted by Gasteiger charge is 2.44. The van der Waals surface area contributed by atoms with Crippen molar-refractivity contribution in [3.63, 3.8) is 0 Å². The van der Waals surface area contributed by atoms with Crippen molar-refractivity contribution in [3.05, 3.63) is 23.9 Å². The van der Waals surface area contributed by atoms with Crippen LogP contribution in [0.4, 0.5) is 13.2 Å². The minimum Gasteiger partial charge on any atom is -0.468 e. The summed E-state index contributed by atoms with van der Waals surface area (Å²) in [5.74, 6) is -1.59. The predicted octanol–water partition coefficient (Wildman–Crippen LogP) is 1.70. The molecule has 0 bridgehead atoms. The quantitative estimate of drug-likeness (QED) is 0.849. The average molecular weight is 332 g/mol. The van der Waals surface area contributed by atoms with Gasteiger partial charge in [0.2, 0.25) is 5.88 Å². The van der Waals surface area contributed by atoms with Crippen LogP contribution in [-0.2, 0) is 9.53 Å². The third kappa shape index (κ3) is 4.33. The van der Waals surface area contributed by atoms with Crippen molar-refractivity contribution < 1.29 is 32.2 Å². The number of rotatable bonds is 4. The number of alkyl halides is 3. The number of carbonyl (C=O) groups is 2. The fourth-order valence-corrected chi connectivity index (χ4v) is 1.98. The van der Waals surface area contributed by atoms with E-state index in [-0.39, 0.29) is 18.2 Å². The molecule has 1 fully saturated rings. The normalized spacial score (nSPS) is 20.0. The number of pyridine rings is 1. The van der Waals surface area contributed by atoms with E-state index in [1.165, 1.54) is 18.2 Å². The molecule has 2 heterocycles. The molecule has 1 N–H and O–H groups in total. The van der Waals surface area contributed by atoms with Gasteiger partial charge in [-0.1, -0.05) is 19.9 Å². The Balaban J connectivity index is 2.06. The van der Waals surface area contributed by atoms with Crippen LogP contribution < -0.4 is 10.1 Å². The van der Waals surface area contributed by atoms with Crippen LogP contribution in [0.2, 0.25) is 0 Å². The Morgan fingerprint density at radius 1 is 1.48 bits per heavy atom. The second-order valence-corrected chi connectivity index (χ2v) is 5.77. The molecule has 1 aromatic heterocycles. The summed E-state index contributed by atoms with van der Waals surface area (Å²) in [6, 6.07) is 3.00. The summed E-state index contributed by atoms with van der Waals surface area (Å²) in [4.78, 5) is 27.5. The van der Waals surface area contributed by atoms with Crippen LogP contribution in [-0.4, -0.2) is 42.3 Å². The number of aromatic nitrogens is 1. The van der Waals surface area contributed by atoms with Crippen LogP contribution in [0.25, 0.3) is 0 Å². The van der Waals surface area contributed by atoms with Gasteiger partial charge in [-0.2, -0.15) is 13.2 Å². The van der Waals surface area contributed by atoms with Crippen LogP contribution in [0.15, 0.2) is 18.2 Å². The number of carbonyl (C=O) groups excluding carboxylic acids is 2. The maximum atomic E-state index is 12.1. The maximum absolute atomic E-state index is 12.1. The van der Waals surface area contributed by atoms with E-state index in [4.69, 9.17) is 4.74 Å². The molecular formula is C14H15F3N2O4. The van der Waals surface area contributed by atoms with Gasteiger partial charge in [0.25, 0.3) is 5.91 Å². The van der Waals surface area contributed by atoms with Gasteiger partial charge < -0.3 is 14.8 Å². The van der Waals surface area contributed by atoms with E-state index in [0.717, 1.165) is 0 Å². The molecule has 1 amide bonds. The molecule has 2 rings (SSSR count). The second-order valence-electron chi connectivity index (χ2n) is 5.77. The highest BCUT2D eigenvalue weighted by atomic mass is 19.4. The Bertz CT molecular complexity index is 616. The summed E-state index contributed by atoms with van der Waals surface area (Å²) in [6.45, 7) is 2.16. The summed E-state index contributed by atoms with van der Waals surface area (Å²) in [7, 11) is 0. The van der Waals surface area contributed by atoms with Crippen molar-refractivity contribution in [1.29, 1.82) is 0 Å². The van der Waals surface area contributed by atoms with Crippen LogP contribution in [0, 0.1) is 5.41 Å². The van der Waals surface area contributed by atoms with E-state index in [0.29, 0.717) is 0 Å². The number of amides is 1. The van der Waals surface area contributed by atoms with Crippen molar-refractivity contribution in [1.82, 2.24) is 10.3 Å². The summed E-state index contributed by atoms with van der Waals surface area (Å²) >= 11 is 0. The molecule has 6 nitrogen and oxygen atoms in total. The van der Waals surface area contributed by atoms with Crippen molar-refractivity contribution in [2.75, 3.05) is 13.2 Å². The number of nitrogens with one attached hydrogen (secondary N) is 1. The monoisotopic (exact) mass is 332 g/mol. The third-order valence-electron chi connectivity index (χ3n) is 3.22. The number of ether oxygens (including phenoxy) is 2. The molecule has 1 aliphatic heterocycles. The third-order valence-corrected chi connectivity index (χ3v) is 3.22. The molecule has 0 saturated carbocycles. The van der Waals surface area contributed by atoms with Gasteiger partial charge in [0.05, 0.1) is 6.61 Å². The second kappa shape index (κ2) is 6.05. The highest BCUT2D eigenvalue weighted by molar-refractivity contribution is 5.95. The summed E-state index contributed by atoms with van der Waals surface area (Å²) in [6.07, 6.45) is -4.50. The van der Waals surface area contributed by atoms with Crippen molar-refractivity contribution in [2.45, 2.75) is 26.1 Å². The lowest BCUT2D eigenvalue weighted by molar-refractivity contribution is -0.154. The Morgan fingerprint density at radius 2 is 2.17 bits per heavy atom. The van der Waals surface area contributed by atoms with Crippen molar-refractivity contribution in [3.8, 4) is 5.88 Å². The lowest BCUT2D eigenvalue weighted by Crippen LogP contribution is -2.46. The molecule has 0 aliphatic carbocycles. The number of hydrogen-bond donors (Lipinski definition) is 1. The summed E-state index contributed by atoms with van der Waals surface area (Å²) in [5, 5.41) is 2.48.